The first-order valence-electron chi connectivity index (χ1n) is 6.49. The lowest BCUT2D eigenvalue weighted by atomic mass is 9.91. The van der Waals surface area contributed by atoms with Gasteiger partial charge in [-0.25, -0.2) is 0 Å². The maximum Gasteiger partial charge on any atom is 0.306 e. The summed E-state index contributed by atoms with van der Waals surface area (Å²) in [5.41, 5.74) is 6.40. The highest BCUT2D eigenvalue weighted by Crippen LogP contribution is 2.30. The number of piperidine rings is 1. The molecule has 0 aliphatic carbocycles. The summed E-state index contributed by atoms with van der Waals surface area (Å²) >= 11 is 6.05. The third kappa shape index (κ3) is 2.88. The van der Waals surface area contributed by atoms with Crippen LogP contribution in [0.15, 0.2) is 18.2 Å². The Morgan fingerprint density at radius 2 is 2.15 bits per heavy atom. The van der Waals surface area contributed by atoms with Crippen LogP contribution in [0.25, 0.3) is 0 Å². The number of nitrogens with two attached hydrogens (primary N) is 1. The van der Waals surface area contributed by atoms with Gasteiger partial charge in [0, 0.05) is 18.3 Å². The van der Waals surface area contributed by atoms with Gasteiger partial charge in [-0.15, -0.1) is 0 Å². The topological polar surface area (TPSA) is 83.6 Å². The molecule has 20 heavy (non-hydrogen) atoms. The molecule has 0 aromatic heterocycles. The van der Waals surface area contributed by atoms with Gasteiger partial charge in [-0.05, 0) is 38.0 Å². The molecule has 108 valence electrons. The third-order valence-corrected chi connectivity index (χ3v) is 4.09. The van der Waals surface area contributed by atoms with E-state index in [1.54, 1.807) is 18.2 Å². The Bertz CT molecular complexity index is 547. The van der Waals surface area contributed by atoms with E-state index < -0.39 is 11.9 Å². The summed E-state index contributed by atoms with van der Waals surface area (Å²) < 4.78 is 0. The van der Waals surface area contributed by atoms with Gasteiger partial charge in [0.15, 0.2) is 0 Å². The van der Waals surface area contributed by atoms with Gasteiger partial charge >= 0.3 is 5.97 Å². The molecule has 2 atom stereocenters. The summed E-state index contributed by atoms with van der Waals surface area (Å²) in [6, 6.07) is 5.22. The van der Waals surface area contributed by atoms with Crippen LogP contribution in [0.5, 0.6) is 0 Å². The number of carboxylic acid groups (broad SMARTS) is 1. The number of benzene rings is 1. The van der Waals surface area contributed by atoms with Gasteiger partial charge in [0.1, 0.15) is 0 Å². The van der Waals surface area contributed by atoms with E-state index in [0.29, 0.717) is 30.0 Å². The molecule has 1 amide bonds. The van der Waals surface area contributed by atoms with Gasteiger partial charge < -0.3 is 15.7 Å². The quantitative estimate of drug-likeness (QED) is 0.895. The van der Waals surface area contributed by atoms with Gasteiger partial charge in [0.25, 0.3) is 0 Å². The largest absolute Gasteiger partial charge is 0.481 e. The fourth-order valence-corrected chi connectivity index (χ4v) is 2.93. The van der Waals surface area contributed by atoms with Crippen molar-refractivity contribution in [1.82, 2.24) is 0 Å². The van der Waals surface area contributed by atoms with E-state index in [1.807, 2.05) is 6.92 Å². The first-order valence-corrected chi connectivity index (χ1v) is 6.86. The van der Waals surface area contributed by atoms with Crippen LogP contribution in [0.3, 0.4) is 0 Å². The monoisotopic (exact) mass is 296 g/mol. The molecule has 0 bridgehead atoms. The van der Waals surface area contributed by atoms with Crippen molar-refractivity contribution in [2.24, 2.45) is 11.7 Å². The number of carbonyl (C=O) groups is 2. The van der Waals surface area contributed by atoms with Crippen molar-refractivity contribution in [3.05, 3.63) is 28.8 Å². The maximum absolute atomic E-state index is 11.2. The molecule has 1 aliphatic rings. The summed E-state index contributed by atoms with van der Waals surface area (Å²) in [7, 11) is 0. The van der Waals surface area contributed by atoms with E-state index in [1.165, 1.54) is 0 Å². The Kier molecular flexibility index (Phi) is 4.18. The molecule has 5 nitrogen and oxygen atoms in total. The molecule has 1 aliphatic heterocycles. The van der Waals surface area contributed by atoms with Crippen molar-refractivity contribution < 1.29 is 14.7 Å². The predicted octanol–water partition coefficient (Wildman–Crippen LogP) is 2.13. The number of amides is 1. The lowest BCUT2D eigenvalue weighted by molar-refractivity contribution is -0.142. The van der Waals surface area contributed by atoms with Crippen molar-refractivity contribution >= 4 is 29.2 Å². The summed E-state index contributed by atoms with van der Waals surface area (Å²) in [4.78, 5) is 24.3. The van der Waals surface area contributed by atoms with Gasteiger partial charge in [-0.2, -0.15) is 0 Å². The van der Waals surface area contributed by atoms with Crippen molar-refractivity contribution in [2.45, 2.75) is 25.8 Å². The van der Waals surface area contributed by atoms with Crippen LogP contribution in [-0.2, 0) is 4.79 Å². The van der Waals surface area contributed by atoms with E-state index >= 15 is 0 Å². The van der Waals surface area contributed by atoms with Crippen LogP contribution >= 0.6 is 11.6 Å². The fourth-order valence-electron chi connectivity index (χ4n) is 2.66. The zero-order valence-corrected chi connectivity index (χ0v) is 11.9. The van der Waals surface area contributed by atoms with Gasteiger partial charge in [0.2, 0.25) is 5.91 Å². The highest BCUT2D eigenvalue weighted by Gasteiger charge is 2.30. The van der Waals surface area contributed by atoms with Crippen molar-refractivity contribution in [2.75, 3.05) is 11.4 Å². The number of aliphatic carboxylic acids is 1. The lowest BCUT2D eigenvalue weighted by Gasteiger charge is -2.38. The standard InChI is InChI=1S/C14H17ClN2O3/c1-8-6-9(14(19)20)4-5-17(8)10-2-3-11(13(16)18)12(15)7-10/h2-3,7-9H,4-6H2,1H3,(H2,16,18)(H,19,20). The summed E-state index contributed by atoms with van der Waals surface area (Å²) in [5.74, 6) is -1.58. The Hall–Kier alpha value is -1.75. The third-order valence-electron chi connectivity index (χ3n) is 3.78. The second-order valence-electron chi connectivity index (χ2n) is 5.13. The minimum absolute atomic E-state index is 0.111. The smallest absolute Gasteiger partial charge is 0.306 e. The number of anilines is 1. The molecular weight excluding hydrogens is 280 g/mol. The molecule has 0 radical (unpaired) electrons. The molecule has 3 N–H and O–H groups in total. The molecular formula is C14H17ClN2O3. The lowest BCUT2D eigenvalue weighted by Crippen LogP contribution is -2.42. The molecule has 1 aromatic carbocycles. The number of primary amides is 1. The number of hydrogen-bond donors (Lipinski definition) is 2. The van der Waals surface area contributed by atoms with Crippen LogP contribution in [-0.4, -0.2) is 29.6 Å². The minimum atomic E-state index is -0.737. The maximum atomic E-state index is 11.2. The average molecular weight is 297 g/mol. The van der Waals surface area contributed by atoms with Crippen molar-refractivity contribution in [1.29, 1.82) is 0 Å². The highest BCUT2D eigenvalue weighted by atomic mass is 35.5. The number of rotatable bonds is 3. The zero-order chi connectivity index (χ0) is 14.9. The van der Waals surface area contributed by atoms with Crippen molar-refractivity contribution in [3.8, 4) is 0 Å². The number of carbonyl (C=O) groups excluding carboxylic acids is 1. The van der Waals surface area contributed by atoms with Gasteiger partial charge in [0.05, 0.1) is 16.5 Å². The molecule has 0 saturated carbocycles. The second-order valence-corrected chi connectivity index (χ2v) is 5.54. The van der Waals surface area contributed by atoms with E-state index in [9.17, 15) is 9.59 Å². The van der Waals surface area contributed by atoms with Gasteiger partial charge in [-0.3, -0.25) is 9.59 Å². The number of carboxylic acids is 1. The second kappa shape index (κ2) is 5.71. The summed E-state index contributed by atoms with van der Waals surface area (Å²) in [5, 5.41) is 9.39. The van der Waals surface area contributed by atoms with E-state index in [0.717, 1.165) is 5.69 Å². The number of nitrogens with zero attached hydrogens (tertiary/aromatic N) is 1. The van der Waals surface area contributed by atoms with E-state index in [-0.39, 0.29) is 12.0 Å². The van der Waals surface area contributed by atoms with Gasteiger partial charge in [-0.1, -0.05) is 11.6 Å². The number of hydrogen-bond acceptors (Lipinski definition) is 3. The normalized spacial score (nSPS) is 22.6. The van der Waals surface area contributed by atoms with Crippen LogP contribution in [0.2, 0.25) is 5.02 Å². The summed E-state index contributed by atoms with van der Waals surface area (Å²) in [6.07, 6.45) is 1.21. The molecule has 2 rings (SSSR count). The molecule has 1 aromatic rings. The molecule has 6 heteroatoms. The van der Waals surface area contributed by atoms with Crippen molar-refractivity contribution in [3.63, 3.8) is 0 Å². The van der Waals surface area contributed by atoms with Crippen LogP contribution < -0.4 is 10.6 Å². The molecule has 1 saturated heterocycles. The molecule has 2 unspecified atom stereocenters. The fraction of sp³-hybridized carbons (Fsp3) is 0.429. The Labute approximate surface area is 122 Å². The first kappa shape index (κ1) is 14.7. The average Bonchev–Trinajstić information content (AvgIpc) is 2.37. The van der Waals surface area contributed by atoms with E-state index in [4.69, 9.17) is 22.4 Å². The molecule has 1 fully saturated rings. The van der Waals surface area contributed by atoms with E-state index in [2.05, 4.69) is 4.90 Å². The zero-order valence-electron chi connectivity index (χ0n) is 11.2. The SMILES string of the molecule is CC1CC(C(=O)O)CCN1c1ccc(C(N)=O)c(Cl)c1. The molecule has 1 heterocycles. The Balaban J connectivity index is 2.19. The Morgan fingerprint density at radius 1 is 1.45 bits per heavy atom. The highest BCUT2D eigenvalue weighted by molar-refractivity contribution is 6.34. The molecule has 0 spiro atoms. The summed E-state index contributed by atoms with van der Waals surface area (Å²) in [6.45, 7) is 2.65. The predicted molar refractivity (Wildman–Crippen MR) is 77.1 cm³/mol. The minimum Gasteiger partial charge on any atom is -0.481 e. The first-order chi connectivity index (χ1) is 9.40. The van der Waals surface area contributed by atoms with Crippen LogP contribution in [0.4, 0.5) is 5.69 Å². The Morgan fingerprint density at radius 3 is 2.65 bits per heavy atom. The number of halogens is 1. The van der Waals surface area contributed by atoms with Crippen LogP contribution in [0.1, 0.15) is 30.1 Å². The van der Waals surface area contributed by atoms with Crippen LogP contribution in [0, 0.1) is 5.92 Å².